The van der Waals surface area contributed by atoms with E-state index in [1.165, 1.54) is 12.1 Å². The van der Waals surface area contributed by atoms with Gasteiger partial charge in [-0.3, -0.25) is 9.59 Å². The van der Waals surface area contributed by atoms with Crippen molar-refractivity contribution >= 4 is 27.7 Å². The van der Waals surface area contributed by atoms with Gasteiger partial charge in [0, 0.05) is 57.6 Å². The second-order valence-corrected chi connectivity index (χ2v) is 16.2. The van der Waals surface area contributed by atoms with Gasteiger partial charge in [-0.2, -0.15) is 23.1 Å². The number of halogens is 4. The van der Waals surface area contributed by atoms with Crippen LogP contribution in [0.15, 0.2) is 141 Å². The number of rotatable bonds is 11. The largest absolute Gasteiger partial charge is 0.471 e. The number of hydrogen-bond donors (Lipinski definition) is 2. The zero-order valence-electron chi connectivity index (χ0n) is 33.5. The molecule has 2 amide bonds. The zero-order chi connectivity index (χ0) is 43.1. The molecule has 2 heterocycles. The monoisotopic (exact) mass is 878 g/mol. The molecule has 0 saturated carbocycles. The molecule has 60 heavy (non-hydrogen) atoms. The van der Waals surface area contributed by atoms with E-state index in [-0.39, 0.29) is 39.6 Å². The van der Waals surface area contributed by atoms with Crippen molar-refractivity contribution in [2.75, 3.05) is 13.1 Å². The molecule has 0 radical (unpaired) electrons. The fraction of sp³-hybridized carbons (Fsp3) is 0.217. The Morgan fingerprint density at radius 1 is 0.583 bits per heavy atom. The predicted molar refractivity (Wildman–Crippen MR) is 226 cm³/mol. The molecule has 10 nitrogen and oxygen atoms in total. The highest BCUT2D eigenvalue weighted by molar-refractivity contribution is 9.10. The maximum Gasteiger partial charge on any atom is 0.471 e. The number of aryl methyl sites for hydroxylation is 1. The average molecular weight is 880 g/mol. The number of carbonyl (C=O) groups is 2. The molecule has 14 heteroatoms. The lowest BCUT2D eigenvalue weighted by Gasteiger charge is -2.26. The Kier molecular flexibility index (Phi) is 13.1. The lowest BCUT2D eigenvalue weighted by atomic mass is 9.83. The fourth-order valence-electron chi connectivity index (χ4n) is 6.14. The van der Waals surface area contributed by atoms with Gasteiger partial charge < -0.3 is 19.7 Å². The SMILES string of the molecule is CC(C)(CNC(=O)c1cccc(-c2noc(C(F)(F)F)n2)c1)c1cccc(-c2ccccc2)c1.Cc1nc(-c2cccc(C(=O)NCC(C)(C)c3cccc(Br)c3)c2)no1. The van der Waals surface area contributed by atoms with Crippen molar-refractivity contribution in [1.82, 2.24) is 30.9 Å². The van der Waals surface area contributed by atoms with Gasteiger partial charge in [-0.25, -0.2) is 0 Å². The van der Waals surface area contributed by atoms with E-state index in [1.54, 1.807) is 31.2 Å². The molecule has 2 N–H and O–H groups in total. The van der Waals surface area contributed by atoms with Crippen LogP contribution in [0.1, 0.15) is 71.3 Å². The van der Waals surface area contributed by atoms with Crippen LogP contribution < -0.4 is 10.6 Å². The van der Waals surface area contributed by atoms with E-state index in [9.17, 15) is 22.8 Å². The molecular weight excluding hydrogens is 837 g/mol. The zero-order valence-corrected chi connectivity index (χ0v) is 35.1. The van der Waals surface area contributed by atoms with Crippen LogP contribution in [0.3, 0.4) is 0 Å². The Morgan fingerprint density at radius 2 is 1.07 bits per heavy atom. The third kappa shape index (κ3) is 11.0. The van der Waals surface area contributed by atoms with Crippen molar-refractivity contribution in [3.8, 4) is 33.9 Å². The smallest absolute Gasteiger partial charge is 0.351 e. The van der Waals surface area contributed by atoms with Crippen LogP contribution in [0.4, 0.5) is 13.2 Å². The summed E-state index contributed by atoms with van der Waals surface area (Å²) in [6.07, 6.45) is -4.73. The average Bonchev–Trinajstić information content (AvgIpc) is 3.93. The molecule has 0 fully saturated rings. The molecule has 0 saturated heterocycles. The molecule has 0 unspecified atom stereocenters. The Bertz CT molecular complexity index is 2590. The number of alkyl halides is 3. The molecule has 7 aromatic rings. The van der Waals surface area contributed by atoms with E-state index in [1.807, 2.05) is 86.6 Å². The number of benzene rings is 5. The van der Waals surface area contributed by atoms with Crippen LogP contribution in [0.2, 0.25) is 0 Å². The normalized spacial score (nSPS) is 11.7. The topological polar surface area (TPSA) is 136 Å². The van der Waals surface area contributed by atoms with Gasteiger partial charge in [-0.15, -0.1) is 0 Å². The number of amides is 2. The van der Waals surface area contributed by atoms with Crippen molar-refractivity contribution in [2.24, 2.45) is 0 Å². The number of nitrogens with one attached hydrogen (secondary N) is 2. The summed E-state index contributed by atoms with van der Waals surface area (Å²) in [5.74, 6) is -1.18. The van der Waals surface area contributed by atoms with Gasteiger partial charge in [0.25, 0.3) is 11.8 Å². The Balaban J connectivity index is 0.000000209. The first kappa shape index (κ1) is 43.2. The van der Waals surface area contributed by atoms with Crippen LogP contribution in [0.5, 0.6) is 0 Å². The van der Waals surface area contributed by atoms with Gasteiger partial charge in [0.2, 0.25) is 17.5 Å². The van der Waals surface area contributed by atoms with E-state index in [2.05, 4.69) is 83.4 Å². The predicted octanol–water partition coefficient (Wildman–Crippen LogP) is 10.6. The molecule has 0 bridgehead atoms. The summed E-state index contributed by atoms with van der Waals surface area (Å²) in [6, 6.07) is 39.6. The van der Waals surface area contributed by atoms with Crippen LogP contribution in [0.25, 0.3) is 33.9 Å². The molecule has 5 aromatic carbocycles. The van der Waals surface area contributed by atoms with E-state index in [0.717, 1.165) is 32.3 Å². The molecular formula is C46H42BrF3N6O4. The van der Waals surface area contributed by atoms with Crippen LogP contribution in [-0.2, 0) is 17.0 Å². The Morgan fingerprint density at radius 3 is 1.58 bits per heavy atom. The minimum atomic E-state index is -4.73. The highest BCUT2D eigenvalue weighted by atomic mass is 79.9. The Hall–Kier alpha value is -6.41. The van der Waals surface area contributed by atoms with E-state index >= 15 is 0 Å². The molecule has 2 aromatic heterocycles. The molecule has 7 rings (SSSR count). The summed E-state index contributed by atoms with van der Waals surface area (Å²) < 4.78 is 48.5. The third-order valence-electron chi connectivity index (χ3n) is 9.70. The summed E-state index contributed by atoms with van der Waals surface area (Å²) in [4.78, 5) is 33.0. The lowest BCUT2D eigenvalue weighted by Crippen LogP contribution is -2.36. The fourth-order valence-corrected chi connectivity index (χ4v) is 6.54. The van der Waals surface area contributed by atoms with E-state index in [4.69, 9.17) is 4.52 Å². The van der Waals surface area contributed by atoms with Crippen molar-refractivity contribution in [1.29, 1.82) is 0 Å². The molecule has 0 aliphatic heterocycles. The van der Waals surface area contributed by atoms with Crippen LogP contribution in [0, 0.1) is 6.92 Å². The van der Waals surface area contributed by atoms with Crippen molar-refractivity contribution < 1.29 is 31.8 Å². The molecule has 0 atom stereocenters. The summed E-state index contributed by atoms with van der Waals surface area (Å²) >= 11 is 3.50. The number of hydrogen-bond acceptors (Lipinski definition) is 8. The maximum absolute atomic E-state index is 12.8. The van der Waals surface area contributed by atoms with Gasteiger partial charge >= 0.3 is 12.1 Å². The van der Waals surface area contributed by atoms with E-state index < -0.39 is 12.1 Å². The van der Waals surface area contributed by atoms with Crippen molar-refractivity contribution in [3.63, 3.8) is 0 Å². The highest BCUT2D eigenvalue weighted by Crippen LogP contribution is 2.31. The van der Waals surface area contributed by atoms with Gasteiger partial charge in [-0.1, -0.05) is 145 Å². The van der Waals surface area contributed by atoms with Gasteiger partial charge in [0.15, 0.2) is 0 Å². The van der Waals surface area contributed by atoms with Crippen LogP contribution >= 0.6 is 15.9 Å². The van der Waals surface area contributed by atoms with Crippen molar-refractivity contribution in [2.45, 2.75) is 51.6 Å². The summed E-state index contributed by atoms with van der Waals surface area (Å²) in [5, 5.41) is 13.2. The minimum Gasteiger partial charge on any atom is -0.351 e. The van der Waals surface area contributed by atoms with Gasteiger partial charge in [0.1, 0.15) is 0 Å². The first-order chi connectivity index (χ1) is 28.5. The molecule has 0 spiro atoms. The number of carbonyl (C=O) groups excluding carboxylic acids is 2. The Labute approximate surface area is 353 Å². The lowest BCUT2D eigenvalue weighted by molar-refractivity contribution is -0.159. The van der Waals surface area contributed by atoms with Crippen LogP contribution in [-0.4, -0.2) is 45.2 Å². The quantitative estimate of drug-likeness (QED) is 0.131. The van der Waals surface area contributed by atoms with E-state index in [0.29, 0.717) is 30.4 Å². The second kappa shape index (κ2) is 18.2. The number of nitrogens with zero attached hydrogens (tertiary/aromatic N) is 4. The summed E-state index contributed by atoms with van der Waals surface area (Å²) in [5.41, 5.74) is 5.70. The summed E-state index contributed by atoms with van der Waals surface area (Å²) in [6.45, 7) is 10.9. The maximum atomic E-state index is 12.8. The molecule has 0 aliphatic carbocycles. The molecule has 308 valence electrons. The standard InChI is InChI=1S/C26H22F3N3O2.C20H20BrN3O2/c1-25(2,21-13-7-10-18(15-21)17-8-4-3-5-9-17)16-30-23(33)20-12-6-11-19(14-20)22-31-24(34-32-22)26(27,28)29;1-13-23-18(24-26-13)14-6-4-7-15(10-14)19(25)22-12-20(2,3)16-8-5-9-17(21)11-16/h3-15H,16H2,1-2H3,(H,30,33);4-11H,12H2,1-3H3,(H,22,25). The minimum absolute atomic E-state index is 0.130. The summed E-state index contributed by atoms with van der Waals surface area (Å²) in [7, 11) is 0. The second-order valence-electron chi connectivity index (χ2n) is 15.3. The van der Waals surface area contributed by atoms with Gasteiger partial charge in [-0.05, 0) is 58.7 Å². The number of aromatic nitrogens is 4. The highest BCUT2D eigenvalue weighted by Gasteiger charge is 2.38. The molecule has 0 aliphatic rings. The first-order valence-electron chi connectivity index (χ1n) is 18.9. The first-order valence-corrected chi connectivity index (χ1v) is 19.7. The van der Waals surface area contributed by atoms with Crippen molar-refractivity contribution in [3.05, 3.63) is 166 Å². The third-order valence-corrected chi connectivity index (χ3v) is 10.2. The van der Waals surface area contributed by atoms with Gasteiger partial charge in [0.05, 0.1) is 0 Å².